The first kappa shape index (κ1) is 19.7. The molecule has 29 heavy (non-hydrogen) atoms. The summed E-state index contributed by atoms with van der Waals surface area (Å²) >= 11 is 0. The van der Waals surface area contributed by atoms with E-state index in [1.807, 2.05) is 0 Å². The smallest absolute Gasteiger partial charge is 0.283 e. The highest BCUT2D eigenvalue weighted by molar-refractivity contribution is 5.97. The quantitative estimate of drug-likeness (QED) is 0.548. The first-order chi connectivity index (χ1) is 13.9. The molecular weight excluding hydrogens is 381 g/mol. The van der Waals surface area contributed by atoms with Gasteiger partial charge in [0.1, 0.15) is 18.9 Å². The molecule has 0 radical (unpaired) electrons. The molecule has 3 amide bonds. The highest BCUT2D eigenvalue weighted by Gasteiger charge is 2.18. The Morgan fingerprint density at radius 1 is 1.14 bits per heavy atom. The lowest BCUT2D eigenvalue weighted by Gasteiger charge is -2.03. The van der Waals surface area contributed by atoms with Crippen molar-refractivity contribution in [3.63, 3.8) is 0 Å². The van der Waals surface area contributed by atoms with E-state index in [2.05, 4.69) is 15.5 Å². The Morgan fingerprint density at radius 2 is 1.90 bits per heavy atom. The Labute approximate surface area is 163 Å². The molecule has 0 aliphatic heterocycles. The first-order valence-electron chi connectivity index (χ1n) is 8.43. The van der Waals surface area contributed by atoms with Crippen LogP contribution in [-0.4, -0.2) is 33.9 Å². The third kappa shape index (κ3) is 4.43. The number of hydrogen-bond donors (Lipinski definition) is 3. The first-order valence-corrected chi connectivity index (χ1v) is 8.43. The van der Waals surface area contributed by atoms with E-state index < -0.39 is 30.1 Å². The van der Waals surface area contributed by atoms with Gasteiger partial charge in [0, 0.05) is 10.9 Å². The fraction of sp³-hybridized carbons (Fsp3) is 0.105. The van der Waals surface area contributed by atoms with Crippen molar-refractivity contribution >= 4 is 34.3 Å². The van der Waals surface area contributed by atoms with E-state index in [9.17, 15) is 23.9 Å². The van der Waals surface area contributed by atoms with Crippen molar-refractivity contribution in [1.29, 1.82) is 0 Å². The van der Waals surface area contributed by atoms with Gasteiger partial charge in [0.2, 0.25) is 11.8 Å². The van der Waals surface area contributed by atoms with Gasteiger partial charge in [-0.05, 0) is 24.3 Å². The predicted molar refractivity (Wildman–Crippen MR) is 101 cm³/mol. The molecule has 3 rings (SSSR count). The Bertz CT molecular complexity index is 1140. The number of nitrogens with zero attached hydrogens (tertiary/aromatic N) is 3. The van der Waals surface area contributed by atoms with Gasteiger partial charge >= 0.3 is 0 Å². The summed E-state index contributed by atoms with van der Waals surface area (Å²) < 4.78 is 14.4. The number of azo groups is 1. The summed E-state index contributed by atoms with van der Waals surface area (Å²) in [7, 11) is 0. The highest BCUT2D eigenvalue weighted by Crippen LogP contribution is 2.38. The second-order valence-electron chi connectivity index (χ2n) is 6.03. The molecule has 0 atom stereocenters. The van der Waals surface area contributed by atoms with E-state index in [1.165, 1.54) is 22.8 Å². The molecular formula is C19H16FN5O4. The minimum Gasteiger partial charge on any atom is -0.493 e. The van der Waals surface area contributed by atoms with Crippen molar-refractivity contribution in [2.75, 3.05) is 6.54 Å². The molecule has 0 saturated carbocycles. The average molecular weight is 397 g/mol. The van der Waals surface area contributed by atoms with Crippen LogP contribution in [0.15, 0.2) is 58.8 Å². The summed E-state index contributed by atoms with van der Waals surface area (Å²) in [4.78, 5) is 35.1. The van der Waals surface area contributed by atoms with E-state index >= 15 is 0 Å². The van der Waals surface area contributed by atoms with Gasteiger partial charge in [0.25, 0.3) is 11.8 Å². The summed E-state index contributed by atoms with van der Waals surface area (Å²) in [6.07, 6.45) is 0. The molecule has 4 N–H and O–H groups in total. The molecule has 1 heterocycles. The number of carbonyl (C=O) groups excluding carboxylic acids is 3. The van der Waals surface area contributed by atoms with Crippen LogP contribution >= 0.6 is 0 Å². The third-order valence-corrected chi connectivity index (χ3v) is 3.98. The maximum absolute atomic E-state index is 13.1. The predicted octanol–water partition coefficient (Wildman–Crippen LogP) is 2.01. The number of benzene rings is 2. The van der Waals surface area contributed by atoms with Crippen molar-refractivity contribution in [1.82, 2.24) is 9.88 Å². The molecule has 0 aliphatic carbocycles. The van der Waals surface area contributed by atoms with Gasteiger partial charge in [-0.2, -0.15) is 0 Å². The van der Waals surface area contributed by atoms with Crippen molar-refractivity contribution in [3.05, 3.63) is 59.9 Å². The van der Waals surface area contributed by atoms with Crippen LogP contribution in [-0.2, 0) is 16.1 Å². The number of aromatic hydroxyl groups is 1. The van der Waals surface area contributed by atoms with Gasteiger partial charge in [0.05, 0.1) is 5.52 Å². The number of amides is 3. The lowest BCUT2D eigenvalue weighted by atomic mass is 10.2. The standard InChI is InChI=1S/C19H16FN5O4/c20-12-5-3-4-11(8-12)18(28)22-9-16(27)23-24-17-13-6-1-2-7-14(13)25(19(17)29)10-15(21)26/h1-8,29H,9-10H2,(H2,21,26)(H,22,28). The molecule has 0 fully saturated rings. The SMILES string of the molecule is NC(=O)Cn1c(O)c(N=NC(=O)CNC(=O)c2cccc(F)c2)c2ccccc21. The summed E-state index contributed by atoms with van der Waals surface area (Å²) in [6.45, 7) is -0.751. The highest BCUT2D eigenvalue weighted by atomic mass is 19.1. The molecule has 0 saturated heterocycles. The number of aromatic nitrogens is 1. The van der Waals surface area contributed by atoms with Crippen LogP contribution in [0.3, 0.4) is 0 Å². The second-order valence-corrected chi connectivity index (χ2v) is 6.03. The monoisotopic (exact) mass is 397 g/mol. The van der Waals surface area contributed by atoms with Gasteiger partial charge in [-0.1, -0.05) is 24.3 Å². The zero-order valence-corrected chi connectivity index (χ0v) is 15.0. The van der Waals surface area contributed by atoms with Crippen molar-refractivity contribution < 1.29 is 23.9 Å². The lowest BCUT2D eigenvalue weighted by molar-refractivity contribution is -0.119. The normalized spacial score (nSPS) is 11.1. The summed E-state index contributed by atoms with van der Waals surface area (Å²) in [6, 6.07) is 11.7. The number of halogens is 1. The molecule has 2 aromatic carbocycles. The molecule has 3 aromatic rings. The maximum atomic E-state index is 13.1. The zero-order valence-electron chi connectivity index (χ0n) is 15.0. The van der Waals surface area contributed by atoms with Crippen LogP contribution in [0.25, 0.3) is 10.9 Å². The molecule has 0 bridgehead atoms. The van der Waals surface area contributed by atoms with Crippen LogP contribution < -0.4 is 11.1 Å². The van der Waals surface area contributed by atoms with E-state index in [0.29, 0.717) is 10.9 Å². The topological polar surface area (TPSA) is 139 Å². The van der Waals surface area contributed by atoms with Crippen molar-refractivity contribution in [3.8, 4) is 5.88 Å². The van der Waals surface area contributed by atoms with Crippen molar-refractivity contribution in [2.24, 2.45) is 16.0 Å². The Morgan fingerprint density at radius 3 is 2.62 bits per heavy atom. The Kier molecular flexibility index (Phi) is 5.63. The lowest BCUT2D eigenvalue weighted by Crippen LogP contribution is -2.28. The largest absolute Gasteiger partial charge is 0.493 e. The van der Waals surface area contributed by atoms with E-state index in [4.69, 9.17) is 5.73 Å². The number of nitrogens with one attached hydrogen (secondary N) is 1. The van der Waals surface area contributed by atoms with Gasteiger partial charge in [-0.25, -0.2) is 4.39 Å². The van der Waals surface area contributed by atoms with Crippen LogP contribution in [0.1, 0.15) is 10.4 Å². The number of fused-ring (bicyclic) bond motifs is 1. The summed E-state index contributed by atoms with van der Waals surface area (Å²) in [5, 5.41) is 20.4. The van der Waals surface area contributed by atoms with Crippen molar-refractivity contribution in [2.45, 2.75) is 6.54 Å². The molecule has 0 spiro atoms. The van der Waals surface area contributed by atoms with E-state index in [0.717, 1.165) is 6.07 Å². The van der Waals surface area contributed by atoms with Crippen LogP contribution in [0.4, 0.5) is 10.1 Å². The van der Waals surface area contributed by atoms with Gasteiger partial charge in [0.15, 0.2) is 5.69 Å². The number of rotatable bonds is 6. The van der Waals surface area contributed by atoms with Crippen LogP contribution in [0, 0.1) is 5.82 Å². The summed E-state index contributed by atoms with van der Waals surface area (Å²) in [5.41, 5.74) is 5.74. The summed E-state index contributed by atoms with van der Waals surface area (Å²) in [5.74, 6) is -3.05. The zero-order chi connectivity index (χ0) is 21.0. The molecule has 0 aliphatic rings. The van der Waals surface area contributed by atoms with Gasteiger partial charge in [-0.3, -0.25) is 14.4 Å². The molecule has 1 aromatic heterocycles. The van der Waals surface area contributed by atoms with Gasteiger partial charge < -0.3 is 20.7 Å². The molecule has 0 unspecified atom stereocenters. The van der Waals surface area contributed by atoms with E-state index in [-0.39, 0.29) is 23.7 Å². The number of hydrogen-bond acceptors (Lipinski definition) is 5. The average Bonchev–Trinajstić information content (AvgIpc) is 2.95. The number of nitrogens with two attached hydrogens (primary N) is 1. The maximum Gasteiger partial charge on any atom is 0.283 e. The van der Waals surface area contributed by atoms with Gasteiger partial charge in [-0.15, -0.1) is 10.2 Å². The minimum atomic E-state index is -0.791. The number of para-hydroxylation sites is 1. The van der Waals surface area contributed by atoms with E-state index in [1.54, 1.807) is 24.3 Å². The number of carbonyl (C=O) groups is 3. The second kappa shape index (κ2) is 8.30. The van der Waals surface area contributed by atoms with Crippen LogP contribution in [0.5, 0.6) is 5.88 Å². The third-order valence-electron chi connectivity index (χ3n) is 3.98. The fourth-order valence-electron chi connectivity index (χ4n) is 2.71. The Hall–Kier alpha value is -4.08. The molecule has 10 heteroatoms. The van der Waals surface area contributed by atoms with Crippen LogP contribution in [0.2, 0.25) is 0 Å². The minimum absolute atomic E-state index is 0.00773. The molecule has 9 nitrogen and oxygen atoms in total. The molecule has 148 valence electrons. The Balaban J connectivity index is 1.75. The fourth-order valence-corrected chi connectivity index (χ4v) is 2.71. The number of primary amides is 1.